The van der Waals surface area contributed by atoms with Crippen LogP contribution in [-0.4, -0.2) is 25.0 Å². The molecule has 1 amide bonds. The zero-order chi connectivity index (χ0) is 12.2. The van der Waals surface area contributed by atoms with E-state index < -0.39 is 0 Å². The third kappa shape index (κ3) is 1.37. The summed E-state index contributed by atoms with van der Waals surface area (Å²) in [6, 6.07) is 8.50. The van der Waals surface area contributed by atoms with Crippen LogP contribution >= 0.6 is 0 Å². The van der Waals surface area contributed by atoms with Gasteiger partial charge in [0.1, 0.15) is 0 Å². The first kappa shape index (κ1) is 10.6. The number of hydrogen-bond donors (Lipinski definition) is 1. The fourth-order valence-corrected chi connectivity index (χ4v) is 3.49. The fourth-order valence-electron chi connectivity index (χ4n) is 3.49. The lowest BCUT2D eigenvalue weighted by Gasteiger charge is -2.21. The molecule has 94 valence electrons. The Kier molecular flexibility index (Phi) is 2.10. The van der Waals surface area contributed by atoms with Gasteiger partial charge < -0.3 is 10.2 Å². The fraction of sp³-hybridized carbons (Fsp3) is 0.533. The highest BCUT2D eigenvalue weighted by Crippen LogP contribution is 2.56. The Morgan fingerprint density at radius 2 is 2.17 bits per heavy atom. The summed E-state index contributed by atoms with van der Waals surface area (Å²) in [7, 11) is 0. The van der Waals surface area contributed by atoms with Crippen molar-refractivity contribution in [3.05, 3.63) is 29.8 Å². The summed E-state index contributed by atoms with van der Waals surface area (Å²) < 4.78 is 0. The summed E-state index contributed by atoms with van der Waals surface area (Å²) in [4.78, 5) is 14.6. The van der Waals surface area contributed by atoms with E-state index in [1.807, 2.05) is 11.0 Å². The normalized spacial score (nSPS) is 27.6. The van der Waals surface area contributed by atoms with Crippen LogP contribution in [0.25, 0.3) is 0 Å². The van der Waals surface area contributed by atoms with Crippen molar-refractivity contribution in [2.45, 2.75) is 37.1 Å². The van der Waals surface area contributed by atoms with Crippen LogP contribution in [0.4, 0.5) is 5.69 Å². The van der Waals surface area contributed by atoms with Crippen molar-refractivity contribution in [3.63, 3.8) is 0 Å². The molecule has 2 heterocycles. The Bertz CT molecular complexity index is 501. The molecule has 3 nitrogen and oxygen atoms in total. The summed E-state index contributed by atoms with van der Waals surface area (Å²) >= 11 is 0. The largest absolute Gasteiger partial charge is 0.310 e. The minimum atomic E-state index is 0.0481. The van der Waals surface area contributed by atoms with Crippen molar-refractivity contribution in [3.8, 4) is 0 Å². The smallest absolute Gasteiger partial charge is 0.244 e. The summed E-state index contributed by atoms with van der Waals surface area (Å²) in [6.07, 6.45) is 4.60. The van der Waals surface area contributed by atoms with Crippen molar-refractivity contribution < 1.29 is 4.79 Å². The second-order valence-corrected chi connectivity index (χ2v) is 5.87. The Morgan fingerprint density at radius 1 is 1.33 bits per heavy atom. The Hall–Kier alpha value is -1.35. The molecule has 4 rings (SSSR count). The number of amides is 1. The van der Waals surface area contributed by atoms with Gasteiger partial charge >= 0.3 is 0 Å². The van der Waals surface area contributed by atoms with Gasteiger partial charge in [-0.05, 0) is 43.9 Å². The SMILES string of the molecule is O=C(C1CCCN1)N1CC2(CC2)c2ccccc21. The molecule has 2 fully saturated rings. The van der Waals surface area contributed by atoms with E-state index >= 15 is 0 Å². The first-order chi connectivity index (χ1) is 8.80. The highest BCUT2D eigenvalue weighted by molar-refractivity contribution is 6.00. The molecule has 0 radical (unpaired) electrons. The molecule has 3 heteroatoms. The quantitative estimate of drug-likeness (QED) is 0.814. The van der Waals surface area contributed by atoms with Gasteiger partial charge in [-0.25, -0.2) is 0 Å². The van der Waals surface area contributed by atoms with Crippen LogP contribution in [0.1, 0.15) is 31.2 Å². The summed E-state index contributed by atoms with van der Waals surface area (Å²) in [5, 5.41) is 3.32. The monoisotopic (exact) mass is 242 g/mol. The second kappa shape index (κ2) is 3.58. The number of fused-ring (bicyclic) bond motifs is 2. The summed E-state index contributed by atoms with van der Waals surface area (Å²) in [5.74, 6) is 0.281. The van der Waals surface area contributed by atoms with Crippen LogP contribution in [0.3, 0.4) is 0 Å². The lowest BCUT2D eigenvalue weighted by Crippen LogP contribution is -2.43. The highest BCUT2D eigenvalue weighted by atomic mass is 16.2. The van der Waals surface area contributed by atoms with Gasteiger partial charge in [-0.2, -0.15) is 0 Å². The number of hydrogen-bond acceptors (Lipinski definition) is 2. The predicted octanol–water partition coefficient (Wildman–Crippen LogP) is 1.82. The van der Waals surface area contributed by atoms with Gasteiger partial charge in [0, 0.05) is 17.6 Å². The minimum Gasteiger partial charge on any atom is -0.310 e. The topological polar surface area (TPSA) is 32.3 Å². The third-order valence-electron chi connectivity index (χ3n) is 4.70. The lowest BCUT2D eigenvalue weighted by atomic mass is 9.99. The van der Waals surface area contributed by atoms with E-state index in [1.54, 1.807) is 0 Å². The van der Waals surface area contributed by atoms with Crippen molar-refractivity contribution in [1.82, 2.24) is 5.32 Å². The number of nitrogens with zero attached hydrogens (tertiary/aromatic N) is 1. The molecular weight excluding hydrogens is 224 g/mol. The number of rotatable bonds is 1. The van der Waals surface area contributed by atoms with Crippen LogP contribution in [0.2, 0.25) is 0 Å². The zero-order valence-corrected chi connectivity index (χ0v) is 10.5. The molecule has 1 aromatic rings. The summed E-state index contributed by atoms with van der Waals surface area (Å²) in [5.41, 5.74) is 2.87. The van der Waals surface area contributed by atoms with Crippen molar-refractivity contribution in [2.24, 2.45) is 0 Å². The maximum Gasteiger partial charge on any atom is 0.244 e. The van der Waals surface area contributed by atoms with Crippen LogP contribution in [0.15, 0.2) is 24.3 Å². The molecular formula is C15H18N2O. The van der Waals surface area contributed by atoms with Crippen molar-refractivity contribution >= 4 is 11.6 Å². The maximum atomic E-state index is 12.6. The number of carbonyl (C=O) groups is 1. The van der Waals surface area contributed by atoms with Gasteiger partial charge in [-0.1, -0.05) is 18.2 Å². The molecule has 1 saturated heterocycles. The van der Waals surface area contributed by atoms with E-state index in [0.29, 0.717) is 5.41 Å². The second-order valence-electron chi connectivity index (χ2n) is 5.87. The van der Waals surface area contributed by atoms with E-state index in [1.165, 1.54) is 18.4 Å². The average molecular weight is 242 g/mol. The molecule has 18 heavy (non-hydrogen) atoms. The van der Waals surface area contributed by atoms with Gasteiger partial charge in [0.25, 0.3) is 0 Å². The van der Waals surface area contributed by atoms with Gasteiger partial charge in [-0.15, -0.1) is 0 Å². The van der Waals surface area contributed by atoms with Crippen LogP contribution in [0, 0.1) is 0 Å². The lowest BCUT2D eigenvalue weighted by molar-refractivity contribution is -0.120. The van der Waals surface area contributed by atoms with Crippen LogP contribution in [0.5, 0.6) is 0 Å². The van der Waals surface area contributed by atoms with E-state index in [4.69, 9.17) is 0 Å². The Balaban J connectivity index is 1.69. The van der Waals surface area contributed by atoms with Gasteiger partial charge in [0.2, 0.25) is 5.91 Å². The molecule has 3 aliphatic rings. The Labute approximate surface area is 107 Å². The molecule has 1 aliphatic carbocycles. The predicted molar refractivity (Wildman–Crippen MR) is 70.7 cm³/mol. The van der Waals surface area contributed by atoms with E-state index in [-0.39, 0.29) is 11.9 Å². The zero-order valence-electron chi connectivity index (χ0n) is 10.5. The molecule has 2 aliphatic heterocycles. The van der Waals surface area contributed by atoms with Gasteiger partial charge in [0.15, 0.2) is 0 Å². The van der Waals surface area contributed by atoms with Crippen molar-refractivity contribution in [2.75, 3.05) is 18.0 Å². The van der Waals surface area contributed by atoms with E-state index in [2.05, 4.69) is 23.5 Å². The highest BCUT2D eigenvalue weighted by Gasteiger charge is 2.53. The molecule has 0 aromatic heterocycles. The number of benzene rings is 1. The number of nitrogens with one attached hydrogen (secondary N) is 1. The Morgan fingerprint density at radius 3 is 2.89 bits per heavy atom. The van der Waals surface area contributed by atoms with Gasteiger partial charge in [-0.3, -0.25) is 4.79 Å². The van der Waals surface area contributed by atoms with Gasteiger partial charge in [0.05, 0.1) is 6.04 Å². The number of anilines is 1. The molecule has 1 N–H and O–H groups in total. The van der Waals surface area contributed by atoms with Crippen LogP contribution in [-0.2, 0) is 10.2 Å². The molecule has 1 atom stereocenters. The first-order valence-corrected chi connectivity index (χ1v) is 6.94. The molecule has 1 aromatic carbocycles. The summed E-state index contributed by atoms with van der Waals surface area (Å²) in [6.45, 7) is 1.89. The average Bonchev–Trinajstić information content (AvgIpc) is 2.87. The van der Waals surface area contributed by atoms with Crippen LogP contribution < -0.4 is 10.2 Å². The van der Waals surface area contributed by atoms with E-state index in [9.17, 15) is 4.79 Å². The van der Waals surface area contributed by atoms with Crippen molar-refractivity contribution in [1.29, 1.82) is 0 Å². The maximum absolute atomic E-state index is 12.6. The minimum absolute atomic E-state index is 0.0481. The first-order valence-electron chi connectivity index (χ1n) is 6.94. The number of carbonyl (C=O) groups excluding carboxylic acids is 1. The molecule has 1 saturated carbocycles. The number of para-hydroxylation sites is 1. The third-order valence-corrected chi connectivity index (χ3v) is 4.70. The standard InChI is InChI=1S/C15H18N2O/c18-14(12-5-3-9-16-12)17-10-15(7-8-15)11-4-1-2-6-13(11)17/h1-2,4,6,12,16H,3,5,7-10H2. The van der Waals surface area contributed by atoms with E-state index in [0.717, 1.165) is 31.6 Å². The molecule has 1 spiro atoms. The molecule has 1 unspecified atom stereocenters. The molecule has 0 bridgehead atoms.